The van der Waals surface area contributed by atoms with Crippen LogP contribution in [0.4, 0.5) is 0 Å². The number of hydrogen-bond donors (Lipinski definition) is 1. The lowest BCUT2D eigenvalue weighted by Gasteiger charge is -2.28. The van der Waals surface area contributed by atoms with E-state index < -0.39 is 10.0 Å². The van der Waals surface area contributed by atoms with Crippen molar-refractivity contribution in [2.75, 3.05) is 11.8 Å². The number of halogens is 1. The van der Waals surface area contributed by atoms with Gasteiger partial charge in [0.2, 0.25) is 10.0 Å². The van der Waals surface area contributed by atoms with Gasteiger partial charge in [-0.25, -0.2) is 13.1 Å². The Bertz CT molecular complexity index is 266. The maximum Gasteiger partial charge on any atom is 0.225 e. The Morgan fingerprint density at radius 1 is 1.36 bits per heavy atom. The summed E-state index contributed by atoms with van der Waals surface area (Å²) in [6.07, 6.45) is 4.84. The summed E-state index contributed by atoms with van der Waals surface area (Å²) in [6.45, 7) is 2.75. The predicted octanol–water partition coefficient (Wildman–Crippen LogP) is 1.93. The highest BCUT2D eigenvalue weighted by molar-refractivity contribution is 7.90. The highest BCUT2D eigenvalue weighted by atomic mass is 35.5. The summed E-state index contributed by atoms with van der Waals surface area (Å²) in [4.78, 5) is 0. The molecule has 0 aromatic carbocycles. The van der Waals surface area contributed by atoms with E-state index in [0.717, 1.165) is 6.42 Å². The van der Waals surface area contributed by atoms with E-state index in [9.17, 15) is 8.42 Å². The third-order valence-corrected chi connectivity index (χ3v) is 4.75. The molecule has 5 heteroatoms. The van der Waals surface area contributed by atoms with E-state index in [1.165, 1.54) is 19.3 Å². The maximum absolute atomic E-state index is 11.1. The van der Waals surface area contributed by atoms with E-state index in [2.05, 4.69) is 11.6 Å². The number of rotatable bonds is 4. The molecule has 0 aromatic rings. The number of nitrogens with one attached hydrogen (secondary N) is 1. The molecule has 1 saturated carbocycles. The van der Waals surface area contributed by atoms with Crippen molar-refractivity contribution in [2.45, 2.75) is 32.6 Å². The van der Waals surface area contributed by atoms with Gasteiger partial charge in [0, 0.05) is 6.54 Å². The van der Waals surface area contributed by atoms with Crippen LogP contribution in [0.1, 0.15) is 32.6 Å². The fraction of sp³-hybridized carbons (Fsp3) is 1.00. The molecule has 1 aliphatic carbocycles. The molecule has 0 aromatic heterocycles. The molecule has 2 unspecified atom stereocenters. The Morgan fingerprint density at radius 2 is 2.00 bits per heavy atom. The van der Waals surface area contributed by atoms with E-state index in [1.807, 2.05) is 0 Å². The van der Waals surface area contributed by atoms with Crippen LogP contribution in [-0.2, 0) is 10.0 Å². The van der Waals surface area contributed by atoms with Gasteiger partial charge in [-0.3, -0.25) is 0 Å². The van der Waals surface area contributed by atoms with Crippen LogP contribution in [0.5, 0.6) is 0 Å². The number of sulfonamides is 1. The molecule has 84 valence electrons. The first kappa shape index (κ1) is 12.3. The molecule has 14 heavy (non-hydrogen) atoms. The number of alkyl halides is 1. The fourth-order valence-electron chi connectivity index (χ4n) is 1.97. The van der Waals surface area contributed by atoms with Crippen molar-refractivity contribution in [3.8, 4) is 0 Å². The summed E-state index contributed by atoms with van der Waals surface area (Å²) in [5, 5.41) is -0.339. The normalized spacial score (nSPS) is 29.0. The predicted molar refractivity (Wildman–Crippen MR) is 58.8 cm³/mol. The molecule has 1 fully saturated rings. The van der Waals surface area contributed by atoms with E-state index in [4.69, 9.17) is 11.6 Å². The molecule has 0 amide bonds. The van der Waals surface area contributed by atoms with Gasteiger partial charge in [0.05, 0.1) is 0 Å². The first-order valence-electron chi connectivity index (χ1n) is 5.08. The number of hydrogen-bond acceptors (Lipinski definition) is 2. The van der Waals surface area contributed by atoms with Crippen LogP contribution in [0.15, 0.2) is 0 Å². The van der Waals surface area contributed by atoms with E-state index in [-0.39, 0.29) is 5.21 Å². The Hall–Kier alpha value is 0.200. The van der Waals surface area contributed by atoms with E-state index in [1.54, 1.807) is 0 Å². The van der Waals surface area contributed by atoms with Crippen molar-refractivity contribution in [1.29, 1.82) is 0 Å². The van der Waals surface area contributed by atoms with Crippen molar-refractivity contribution >= 4 is 21.6 Å². The largest absolute Gasteiger partial charge is 0.225 e. The highest BCUT2D eigenvalue weighted by Gasteiger charge is 2.22. The Morgan fingerprint density at radius 3 is 2.57 bits per heavy atom. The lowest BCUT2D eigenvalue weighted by Crippen LogP contribution is -2.33. The average Bonchev–Trinajstić information content (AvgIpc) is 2.17. The molecular weight excluding hydrogens is 222 g/mol. The first-order chi connectivity index (χ1) is 6.55. The standard InChI is InChI=1S/C9H18ClNO2S/c1-8-4-2-3-5-9(8)6-11-14(12,13)7-10/h8-9,11H,2-7H2,1H3. The van der Waals surface area contributed by atoms with Crippen LogP contribution in [0.2, 0.25) is 0 Å². The van der Waals surface area contributed by atoms with Gasteiger partial charge in [0.1, 0.15) is 5.21 Å². The zero-order chi connectivity index (χ0) is 10.6. The minimum atomic E-state index is -3.23. The smallest absolute Gasteiger partial charge is 0.214 e. The Labute approximate surface area is 91.3 Å². The summed E-state index contributed by atoms with van der Waals surface area (Å²) in [6, 6.07) is 0. The van der Waals surface area contributed by atoms with Gasteiger partial charge in [-0.15, -0.1) is 11.6 Å². The molecule has 0 radical (unpaired) electrons. The van der Waals surface area contributed by atoms with Crippen LogP contribution in [0, 0.1) is 11.8 Å². The summed E-state index contributed by atoms with van der Waals surface area (Å²) < 4.78 is 24.8. The van der Waals surface area contributed by atoms with Gasteiger partial charge >= 0.3 is 0 Å². The van der Waals surface area contributed by atoms with Crippen molar-refractivity contribution in [2.24, 2.45) is 11.8 Å². The van der Waals surface area contributed by atoms with Crippen LogP contribution in [0.25, 0.3) is 0 Å². The third kappa shape index (κ3) is 3.75. The second-order valence-corrected chi connectivity index (χ2v) is 6.49. The molecule has 3 nitrogen and oxygen atoms in total. The topological polar surface area (TPSA) is 46.2 Å². The average molecular weight is 240 g/mol. The van der Waals surface area contributed by atoms with Crippen molar-refractivity contribution < 1.29 is 8.42 Å². The zero-order valence-corrected chi connectivity index (χ0v) is 10.1. The van der Waals surface area contributed by atoms with Crippen LogP contribution in [-0.4, -0.2) is 20.2 Å². The van der Waals surface area contributed by atoms with Crippen LogP contribution < -0.4 is 4.72 Å². The maximum atomic E-state index is 11.1. The molecule has 0 saturated heterocycles. The summed E-state index contributed by atoms with van der Waals surface area (Å²) in [5.41, 5.74) is 0. The third-order valence-electron chi connectivity index (χ3n) is 3.00. The lowest BCUT2D eigenvalue weighted by molar-refractivity contribution is 0.257. The fourth-order valence-corrected chi connectivity index (χ4v) is 2.75. The molecule has 2 atom stereocenters. The van der Waals surface area contributed by atoms with E-state index >= 15 is 0 Å². The van der Waals surface area contributed by atoms with Crippen molar-refractivity contribution in [3.63, 3.8) is 0 Å². The van der Waals surface area contributed by atoms with Gasteiger partial charge in [0.15, 0.2) is 0 Å². The molecule has 0 aliphatic heterocycles. The monoisotopic (exact) mass is 239 g/mol. The Balaban J connectivity index is 2.36. The van der Waals surface area contributed by atoms with Crippen molar-refractivity contribution in [3.05, 3.63) is 0 Å². The molecule has 1 rings (SSSR count). The van der Waals surface area contributed by atoms with Gasteiger partial charge in [-0.2, -0.15) is 0 Å². The first-order valence-corrected chi connectivity index (χ1v) is 7.27. The van der Waals surface area contributed by atoms with Crippen molar-refractivity contribution in [1.82, 2.24) is 4.72 Å². The lowest BCUT2D eigenvalue weighted by atomic mass is 9.81. The second-order valence-electron chi connectivity index (χ2n) is 4.09. The van der Waals surface area contributed by atoms with E-state index in [0.29, 0.717) is 18.4 Å². The van der Waals surface area contributed by atoms with Gasteiger partial charge < -0.3 is 0 Å². The quantitative estimate of drug-likeness (QED) is 0.762. The summed E-state index contributed by atoms with van der Waals surface area (Å²) >= 11 is 5.30. The van der Waals surface area contributed by atoms with Gasteiger partial charge in [0.25, 0.3) is 0 Å². The summed E-state index contributed by atoms with van der Waals surface area (Å²) in [7, 11) is -3.23. The van der Waals surface area contributed by atoms with Gasteiger partial charge in [-0.05, 0) is 18.3 Å². The van der Waals surface area contributed by atoms with Crippen LogP contribution >= 0.6 is 11.6 Å². The Kier molecular flexibility index (Phi) is 4.67. The van der Waals surface area contributed by atoms with Gasteiger partial charge in [-0.1, -0.05) is 26.2 Å². The second kappa shape index (κ2) is 5.33. The molecular formula is C9H18ClNO2S. The molecule has 0 heterocycles. The van der Waals surface area contributed by atoms with Crippen LogP contribution in [0.3, 0.4) is 0 Å². The molecule has 0 bridgehead atoms. The molecule has 1 N–H and O–H groups in total. The highest BCUT2D eigenvalue weighted by Crippen LogP contribution is 2.28. The minimum absolute atomic E-state index is 0.339. The molecule has 1 aliphatic rings. The summed E-state index contributed by atoms with van der Waals surface area (Å²) in [5.74, 6) is 1.11. The zero-order valence-electron chi connectivity index (χ0n) is 8.50. The SMILES string of the molecule is CC1CCCCC1CNS(=O)(=O)CCl. The molecule has 0 spiro atoms. The minimum Gasteiger partial charge on any atom is -0.214 e.